The zero-order chi connectivity index (χ0) is 18.9. The van der Waals surface area contributed by atoms with Crippen LogP contribution in [0.4, 0.5) is 0 Å². The van der Waals surface area contributed by atoms with Crippen molar-refractivity contribution in [2.24, 2.45) is 11.8 Å². The third-order valence-electron chi connectivity index (χ3n) is 5.01. The van der Waals surface area contributed by atoms with E-state index in [0.29, 0.717) is 24.3 Å². The van der Waals surface area contributed by atoms with E-state index in [1.807, 2.05) is 18.2 Å². The van der Waals surface area contributed by atoms with Gasteiger partial charge in [-0.2, -0.15) is 0 Å². The Kier molecular flexibility index (Phi) is 8.23. The summed E-state index contributed by atoms with van der Waals surface area (Å²) in [7, 11) is 3.24. The standard InChI is InChI=1S/C21H34N2O3/c1-16-12-17(2)15-23(14-16)11-5-10-22-21(24)9-7-18-6-8-19(25-3)20(13-18)26-4/h6,8,13,16-17H,5,7,9-12,14-15H2,1-4H3,(H,22,24). The van der Waals surface area contributed by atoms with Gasteiger partial charge in [-0.1, -0.05) is 19.9 Å². The molecule has 1 aliphatic heterocycles. The largest absolute Gasteiger partial charge is 0.493 e. The molecule has 146 valence electrons. The number of carbonyl (C=O) groups is 1. The normalized spacial score (nSPS) is 20.6. The van der Waals surface area contributed by atoms with Gasteiger partial charge in [-0.3, -0.25) is 4.79 Å². The fourth-order valence-electron chi connectivity index (χ4n) is 3.89. The fourth-order valence-corrected chi connectivity index (χ4v) is 3.89. The lowest BCUT2D eigenvalue weighted by atomic mass is 9.92. The van der Waals surface area contributed by atoms with Crippen LogP contribution >= 0.6 is 0 Å². The number of piperidine rings is 1. The van der Waals surface area contributed by atoms with Crippen LogP contribution in [0.15, 0.2) is 18.2 Å². The molecule has 2 unspecified atom stereocenters. The molecule has 0 radical (unpaired) electrons. The summed E-state index contributed by atoms with van der Waals surface area (Å²) < 4.78 is 10.5. The lowest BCUT2D eigenvalue weighted by molar-refractivity contribution is -0.121. The highest BCUT2D eigenvalue weighted by atomic mass is 16.5. The number of aryl methyl sites for hydroxylation is 1. The molecule has 1 aliphatic rings. The molecule has 0 saturated carbocycles. The average molecular weight is 363 g/mol. The smallest absolute Gasteiger partial charge is 0.220 e. The van der Waals surface area contributed by atoms with E-state index in [-0.39, 0.29) is 5.91 Å². The van der Waals surface area contributed by atoms with Gasteiger partial charge in [0.05, 0.1) is 14.2 Å². The number of methoxy groups -OCH3 is 2. The first-order valence-corrected chi connectivity index (χ1v) is 9.71. The van der Waals surface area contributed by atoms with Gasteiger partial charge in [0.15, 0.2) is 11.5 Å². The maximum absolute atomic E-state index is 12.1. The van der Waals surface area contributed by atoms with Gasteiger partial charge in [-0.05, 0) is 55.3 Å². The number of rotatable bonds is 9. The molecule has 0 aliphatic carbocycles. The summed E-state index contributed by atoms with van der Waals surface area (Å²) >= 11 is 0. The van der Waals surface area contributed by atoms with Gasteiger partial charge in [0.2, 0.25) is 5.91 Å². The number of nitrogens with one attached hydrogen (secondary N) is 1. The molecule has 5 heteroatoms. The maximum Gasteiger partial charge on any atom is 0.220 e. The number of amides is 1. The first kappa shape index (κ1) is 20.6. The maximum atomic E-state index is 12.1. The number of carbonyl (C=O) groups excluding carboxylic acids is 1. The second kappa shape index (κ2) is 10.4. The van der Waals surface area contributed by atoms with Crippen LogP contribution in [0.1, 0.15) is 38.7 Å². The minimum atomic E-state index is 0.111. The van der Waals surface area contributed by atoms with Gasteiger partial charge in [-0.15, -0.1) is 0 Å². The summed E-state index contributed by atoms with van der Waals surface area (Å²) in [5.74, 6) is 3.10. The van der Waals surface area contributed by atoms with Crippen molar-refractivity contribution < 1.29 is 14.3 Å². The van der Waals surface area contributed by atoms with Gasteiger partial charge in [0, 0.05) is 26.1 Å². The van der Waals surface area contributed by atoms with Gasteiger partial charge in [-0.25, -0.2) is 0 Å². The Balaban J connectivity index is 1.65. The molecular formula is C21H34N2O3. The molecular weight excluding hydrogens is 328 g/mol. The van der Waals surface area contributed by atoms with Crippen LogP contribution in [0, 0.1) is 11.8 Å². The molecule has 5 nitrogen and oxygen atoms in total. The monoisotopic (exact) mass is 362 g/mol. The van der Waals surface area contributed by atoms with Crippen molar-refractivity contribution in [1.82, 2.24) is 10.2 Å². The number of likely N-dealkylation sites (tertiary alicyclic amines) is 1. The third-order valence-corrected chi connectivity index (χ3v) is 5.01. The summed E-state index contributed by atoms with van der Waals surface area (Å²) in [6, 6.07) is 5.80. The zero-order valence-electron chi connectivity index (χ0n) is 16.7. The molecule has 26 heavy (non-hydrogen) atoms. The topological polar surface area (TPSA) is 50.8 Å². The number of ether oxygens (including phenoxy) is 2. The first-order chi connectivity index (χ1) is 12.5. The van der Waals surface area contributed by atoms with Crippen molar-refractivity contribution in [1.29, 1.82) is 0 Å². The summed E-state index contributed by atoms with van der Waals surface area (Å²) in [6.45, 7) is 8.88. The summed E-state index contributed by atoms with van der Waals surface area (Å²) in [4.78, 5) is 14.6. The number of hydrogen-bond donors (Lipinski definition) is 1. The van der Waals surface area contributed by atoms with Crippen LogP contribution in [-0.2, 0) is 11.2 Å². The molecule has 2 rings (SSSR count). The van der Waals surface area contributed by atoms with E-state index in [0.717, 1.165) is 36.9 Å². The van der Waals surface area contributed by atoms with Crippen LogP contribution in [0.3, 0.4) is 0 Å². The molecule has 1 aromatic carbocycles. The molecule has 1 fully saturated rings. The minimum absolute atomic E-state index is 0.111. The van der Waals surface area contributed by atoms with Gasteiger partial charge in [0.25, 0.3) is 0 Å². The Morgan fingerprint density at radius 3 is 2.50 bits per heavy atom. The Hall–Kier alpha value is -1.75. The Morgan fingerprint density at radius 2 is 1.85 bits per heavy atom. The van der Waals surface area contributed by atoms with Crippen LogP contribution in [-0.4, -0.2) is 51.2 Å². The predicted octanol–water partition coefficient (Wildman–Crippen LogP) is 3.12. The molecule has 0 spiro atoms. The van der Waals surface area contributed by atoms with E-state index in [1.165, 1.54) is 19.5 Å². The van der Waals surface area contributed by atoms with Crippen LogP contribution in [0.5, 0.6) is 11.5 Å². The van der Waals surface area contributed by atoms with E-state index in [4.69, 9.17) is 9.47 Å². The van der Waals surface area contributed by atoms with Crippen LogP contribution in [0.2, 0.25) is 0 Å². The minimum Gasteiger partial charge on any atom is -0.493 e. The molecule has 1 heterocycles. The third kappa shape index (κ3) is 6.52. The predicted molar refractivity (Wildman–Crippen MR) is 105 cm³/mol. The second-order valence-corrected chi connectivity index (χ2v) is 7.60. The van der Waals surface area contributed by atoms with E-state index >= 15 is 0 Å². The van der Waals surface area contributed by atoms with E-state index in [2.05, 4.69) is 24.1 Å². The van der Waals surface area contributed by atoms with Crippen molar-refractivity contribution >= 4 is 5.91 Å². The number of benzene rings is 1. The molecule has 1 aromatic rings. The van der Waals surface area contributed by atoms with E-state index in [9.17, 15) is 4.79 Å². The Labute approximate surface area is 158 Å². The van der Waals surface area contributed by atoms with E-state index < -0.39 is 0 Å². The summed E-state index contributed by atoms with van der Waals surface area (Å²) in [5, 5.41) is 3.04. The lowest BCUT2D eigenvalue weighted by Gasteiger charge is -2.34. The van der Waals surface area contributed by atoms with Gasteiger partial charge < -0.3 is 19.7 Å². The van der Waals surface area contributed by atoms with Crippen molar-refractivity contribution in [3.63, 3.8) is 0 Å². The van der Waals surface area contributed by atoms with Gasteiger partial charge >= 0.3 is 0 Å². The molecule has 1 N–H and O–H groups in total. The summed E-state index contributed by atoms with van der Waals surface area (Å²) in [5.41, 5.74) is 1.08. The average Bonchev–Trinajstić information content (AvgIpc) is 2.62. The Morgan fingerprint density at radius 1 is 1.15 bits per heavy atom. The second-order valence-electron chi connectivity index (χ2n) is 7.60. The molecule has 0 aromatic heterocycles. The van der Waals surface area contributed by atoms with Crippen LogP contribution in [0.25, 0.3) is 0 Å². The molecule has 1 amide bonds. The van der Waals surface area contributed by atoms with E-state index in [1.54, 1.807) is 14.2 Å². The molecule has 0 bridgehead atoms. The number of hydrogen-bond acceptors (Lipinski definition) is 4. The van der Waals surface area contributed by atoms with Crippen LogP contribution < -0.4 is 14.8 Å². The first-order valence-electron chi connectivity index (χ1n) is 9.71. The highest BCUT2D eigenvalue weighted by Crippen LogP contribution is 2.28. The van der Waals surface area contributed by atoms with Crippen molar-refractivity contribution in [3.8, 4) is 11.5 Å². The van der Waals surface area contributed by atoms with Crippen molar-refractivity contribution in [2.75, 3.05) is 40.4 Å². The fraction of sp³-hybridized carbons (Fsp3) is 0.667. The number of nitrogens with zero attached hydrogens (tertiary/aromatic N) is 1. The zero-order valence-corrected chi connectivity index (χ0v) is 16.7. The van der Waals surface area contributed by atoms with Crippen molar-refractivity contribution in [2.45, 2.75) is 39.5 Å². The van der Waals surface area contributed by atoms with Gasteiger partial charge in [0.1, 0.15) is 0 Å². The SMILES string of the molecule is COc1ccc(CCC(=O)NCCCN2CC(C)CC(C)C2)cc1OC. The Bertz CT molecular complexity index is 566. The highest BCUT2D eigenvalue weighted by Gasteiger charge is 2.21. The highest BCUT2D eigenvalue weighted by molar-refractivity contribution is 5.76. The quantitative estimate of drug-likeness (QED) is 0.686. The molecule has 1 saturated heterocycles. The van der Waals surface area contributed by atoms with Crippen molar-refractivity contribution in [3.05, 3.63) is 23.8 Å². The molecule has 2 atom stereocenters. The lowest BCUT2D eigenvalue weighted by Crippen LogP contribution is -2.40. The summed E-state index contributed by atoms with van der Waals surface area (Å²) in [6.07, 6.45) is 3.55.